The van der Waals surface area contributed by atoms with Gasteiger partial charge in [0.25, 0.3) is 0 Å². The van der Waals surface area contributed by atoms with Crippen LogP contribution in [0.1, 0.15) is 22.8 Å². The van der Waals surface area contributed by atoms with E-state index >= 15 is 0 Å². The molecule has 16 heavy (non-hydrogen) atoms. The van der Waals surface area contributed by atoms with Gasteiger partial charge < -0.3 is 10.1 Å². The van der Waals surface area contributed by atoms with Crippen molar-refractivity contribution in [2.24, 2.45) is 0 Å². The molecule has 0 spiro atoms. The Hall–Kier alpha value is -1.55. The first kappa shape index (κ1) is 12.5. The molecular formula is C11H12ClNO3. The predicted molar refractivity (Wildman–Crippen MR) is 61.8 cm³/mol. The van der Waals surface area contributed by atoms with Gasteiger partial charge in [0.05, 0.1) is 17.8 Å². The number of methoxy groups -OCH3 is 1. The number of anilines is 1. The van der Waals surface area contributed by atoms with Gasteiger partial charge in [0.2, 0.25) is 5.91 Å². The summed E-state index contributed by atoms with van der Waals surface area (Å²) in [6.07, 6.45) is 0. The minimum atomic E-state index is -0.572. The Morgan fingerprint density at radius 2 is 2.00 bits per heavy atom. The highest BCUT2D eigenvalue weighted by Gasteiger charge is 2.18. The van der Waals surface area contributed by atoms with Gasteiger partial charge in [0.1, 0.15) is 5.56 Å². The fraction of sp³-hybridized carbons (Fsp3) is 0.273. The second kappa shape index (κ2) is 4.99. The Kier molecular flexibility index (Phi) is 3.90. The smallest absolute Gasteiger partial charge is 0.341 e. The highest BCUT2D eigenvalue weighted by atomic mass is 35.5. The fourth-order valence-corrected chi connectivity index (χ4v) is 1.55. The molecule has 0 aliphatic rings. The quantitative estimate of drug-likeness (QED) is 0.809. The molecular weight excluding hydrogens is 230 g/mol. The maximum Gasteiger partial charge on any atom is 0.341 e. The summed E-state index contributed by atoms with van der Waals surface area (Å²) >= 11 is 5.91. The van der Waals surface area contributed by atoms with Crippen LogP contribution in [0.2, 0.25) is 5.02 Å². The normalized spacial score (nSPS) is 9.75. The molecule has 0 aliphatic heterocycles. The molecule has 4 nitrogen and oxygen atoms in total. The lowest BCUT2D eigenvalue weighted by Crippen LogP contribution is -2.13. The highest BCUT2D eigenvalue weighted by Crippen LogP contribution is 2.28. The van der Waals surface area contributed by atoms with E-state index in [1.165, 1.54) is 14.0 Å². The molecule has 0 bridgehead atoms. The molecule has 0 atom stereocenters. The molecule has 1 N–H and O–H groups in total. The molecule has 0 fully saturated rings. The average Bonchev–Trinajstić information content (AvgIpc) is 2.22. The van der Waals surface area contributed by atoms with E-state index < -0.39 is 5.97 Å². The number of hydrogen-bond acceptors (Lipinski definition) is 3. The molecule has 0 heterocycles. The predicted octanol–water partition coefficient (Wildman–Crippen LogP) is 2.39. The van der Waals surface area contributed by atoms with E-state index in [0.29, 0.717) is 5.69 Å². The van der Waals surface area contributed by atoms with Crippen molar-refractivity contribution < 1.29 is 14.3 Å². The number of carbonyl (C=O) groups is 2. The van der Waals surface area contributed by atoms with Crippen LogP contribution in [-0.2, 0) is 9.53 Å². The minimum Gasteiger partial charge on any atom is -0.465 e. The summed E-state index contributed by atoms with van der Waals surface area (Å²) in [5.41, 5.74) is 1.33. The van der Waals surface area contributed by atoms with E-state index in [4.69, 9.17) is 11.6 Å². The SMILES string of the molecule is COC(=O)c1c(Cl)ccc(C)c1NC(C)=O. The maximum atomic E-state index is 11.5. The lowest BCUT2D eigenvalue weighted by molar-refractivity contribution is -0.114. The number of rotatable bonds is 2. The summed E-state index contributed by atoms with van der Waals surface area (Å²) in [5, 5.41) is 2.82. The van der Waals surface area contributed by atoms with Crippen LogP contribution >= 0.6 is 11.6 Å². The lowest BCUT2D eigenvalue weighted by atomic mass is 10.1. The zero-order valence-electron chi connectivity index (χ0n) is 9.26. The van der Waals surface area contributed by atoms with E-state index in [0.717, 1.165) is 5.56 Å². The number of esters is 1. The summed E-state index contributed by atoms with van der Waals surface area (Å²) in [7, 11) is 1.26. The number of halogens is 1. The van der Waals surface area contributed by atoms with Crippen molar-refractivity contribution in [2.75, 3.05) is 12.4 Å². The number of amides is 1. The van der Waals surface area contributed by atoms with Crippen molar-refractivity contribution in [1.82, 2.24) is 0 Å². The van der Waals surface area contributed by atoms with Crippen LogP contribution in [0.3, 0.4) is 0 Å². The summed E-state index contributed by atoms with van der Waals surface area (Å²) in [6, 6.07) is 3.31. The molecule has 1 rings (SSSR count). The van der Waals surface area contributed by atoms with Gasteiger partial charge in [0, 0.05) is 6.92 Å². The molecule has 86 valence electrons. The van der Waals surface area contributed by atoms with Gasteiger partial charge in [-0.1, -0.05) is 17.7 Å². The van der Waals surface area contributed by atoms with Crippen LogP contribution in [-0.4, -0.2) is 19.0 Å². The third kappa shape index (κ3) is 2.52. The molecule has 0 aromatic heterocycles. The number of carbonyl (C=O) groups excluding carboxylic acids is 2. The third-order valence-corrected chi connectivity index (χ3v) is 2.37. The molecule has 0 unspecified atom stereocenters. The monoisotopic (exact) mass is 241 g/mol. The van der Waals surface area contributed by atoms with Crippen LogP contribution in [0, 0.1) is 6.92 Å². The average molecular weight is 242 g/mol. The van der Waals surface area contributed by atoms with Gasteiger partial charge in [-0.25, -0.2) is 4.79 Å². The maximum absolute atomic E-state index is 11.5. The molecule has 0 saturated heterocycles. The van der Waals surface area contributed by atoms with Gasteiger partial charge in [-0.3, -0.25) is 4.79 Å². The second-order valence-corrected chi connectivity index (χ2v) is 3.69. The van der Waals surface area contributed by atoms with Gasteiger partial charge in [0.15, 0.2) is 0 Å². The summed E-state index contributed by atoms with van der Waals surface area (Å²) in [6.45, 7) is 3.13. The van der Waals surface area contributed by atoms with Gasteiger partial charge in [-0.15, -0.1) is 0 Å². The Labute approximate surface area is 98.5 Å². The Bertz CT molecular complexity index is 443. The molecule has 5 heteroatoms. The van der Waals surface area contributed by atoms with Crippen molar-refractivity contribution in [3.8, 4) is 0 Å². The molecule has 1 amide bonds. The van der Waals surface area contributed by atoms with Crippen molar-refractivity contribution >= 4 is 29.2 Å². The summed E-state index contributed by atoms with van der Waals surface area (Å²) in [5.74, 6) is -0.840. The lowest BCUT2D eigenvalue weighted by Gasteiger charge is -2.12. The van der Waals surface area contributed by atoms with E-state index in [2.05, 4.69) is 10.1 Å². The van der Waals surface area contributed by atoms with E-state index in [9.17, 15) is 9.59 Å². The van der Waals surface area contributed by atoms with Crippen LogP contribution < -0.4 is 5.32 Å². The largest absolute Gasteiger partial charge is 0.465 e. The highest BCUT2D eigenvalue weighted by molar-refractivity contribution is 6.34. The van der Waals surface area contributed by atoms with E-state index in [1.54, 1.807) is 19.1 Å². The zero-order chi connectivity index (χ0) is 12.3. The summed E-state index contributed by atoms with van der Waals surface area (Å²) < 4.78 is 4.62. The van der Waals surface area contributed by atoms with Crippen molar-refractivity contribution in [2.45, 2.75) is 13.8 Å². The Balaban J connectivity index is 3.36. The second-order valence-electron chi connectivity index (χ2n) is 3.29. The van der Waals surface area contributed by atoms with Crippen molar-refractivity contribution in [3.63, 3.8) is 0 Å². The van der Waals surface area contributed by atoms with Crippen LogP contribution in [0.4, 0.5) is 5.69 Å². The van der Waals surface area contributed by atoms with Gasteiger partial charge in [-0.05, 0) is 18.6 Å². The first-order chi connectivity index (χ1) is 7.47. The topological polar surface area (TPSA) is 55.4 Å². The molecule has 0 radical (unpaired) electrons. The minimum absolute atomic E-state index is 0.180. The molecule has 0 saturated carbocycles. The first-order valence-corrected chi connectivity index (χ1v) is 5.00. The number of ether oxygens (including phenoxy) is 1. The third-order valence-electron chi connectivity index (χ3n) is 2.05. The first-order valence-electron chi connectivity index (χ1n) is 4.62. The van der Waals surface area contributed by atoms with Crippen molar-refractivity contribution in [1.29, 1.82) is 0 Å². The molecule has 1 aromatic carbocycles. The van der Waals surface area contributed by atoms with Gasteiger partial charge >= 0.3 is 5.97 Å². The summed E-state index contributed by atoms with van der Waals surface area (Å²) in [4.78, 5) is 22.6. The Morgan fingerprint density at radius 3 is 2.50 bits per heavy atom. The fourth-order valence-electron chi connectivity index (χ4n) is 1.32. The van der Waals surface area contributed by atoms with Gasteiger partial charge in [-0.2, -0.15) is 0 Å². The van der Waals surface area contributed by atoms with Crippen LogP contribution in [0.15, 0.2) is 12.1 Å². The van der Waals surface area contributed by atoms with E-state index in [1.807, 2.05) is 0 Å². The van der Waals surface area contributed by atoms with Crippen molar-refractivity contribution in [3.05, 3.63) is 28.3 Å². The molecule has 1 aromatic rings. The van der Waals surface area contributed by atoms with E-state index in [-0.39, 0.29) is 16.5 Å². The number of aryl methyl sites for hydroxylation is 1. The Morgan fingerprint density at radius 1 is 1.38 bits per heavy atom. The standard InChI is InChI=1S/C11H12ClNO3/c1-6-4-5-8(12)9(11(15)16-3)10(6)13-7(2)14/h4-5H,1-3H3,(H,13,14). The van der Waals surface area contributed by atoms with Crippen LogP contribution in [0.25, 0.3) is 0 Å². The van der Waals surface area contributed by atoms with Crippen LogP contribution in [0.5, 0.6) is 0 Å². The molecule has 0 aliphatic carbocycles. The number of benzene rings is 1. The number of nitrogens with one attached hydrogen (secondary N) is 1. The zero-order valence-corrected chi connectivity index (χ0v) is 10.0. The number of hydrogen-bond donors (Lipinski definition) is 1.